The number of benzene rings is 6. The van der Waals surface area contributed by atoms with Gasteiger partial charge >= 0.3 is 35.1 Å². The highest BCUT2D eigenvalue weighted by Crippen LogP contribution is 2.60. The minimum absolute atomic E-state index is 0.306. The van der Waals surface area contributed by atoms with Gasteiger partial charge in [0.05, 0.1) is 21.9 Å². The van der Waals surface area contributed by atoms with Gasteiger partial charge in [0, 0.05) is 49.7 Å². The van der Waals surface area contributed by atoms with E-state index >= 15 is 0 Å². The van der Waals surface area contributed by atoms with Crippen molar-refractivity contribution in [3.63, 3.8) is 0 Å². The smallest absolute Gasteiger partial charge is 0.345 e. The van der Waals surface area contributed by atoms with Crippen molar-refractivity contribution in [2.45, 2.75) is 30.5 Å². The molecule has 0 spiro atoms. The van der Waals surface area contributed by atoms with Gasteiger partial charge < -0.3 is 120 Å². The summed E-state index contributed by atoms with van der Waals surface area (Å²) in [6.07, 6.45) is -14.2. The molecule has 5 atom stereocenters. The topological polar surface area (TPSA) is 530 Å². The van der Waals surface area contributed by atoms with Crippen LogP contribution < -0.4 is 11.3 Å². The first-order valence-electron chi connectivity index (χ1n) is 21.7. The molecule has 78 heavy (non-hydrogen) atoms. The minimum Gasteiger partial charge on any atom is -0.504 e. The summed E-state index contributed by atoms with van der Waals surface area (Å²) in [6.45, 7) is -1.69. The second-order valence-corrected chi connectivity index (χ2v) is 17.6. The van der Waals surface area contributed by atoms with Gasteiger partial charge in [-0.3, -0.25) is 0 Å². The number of aromatic hydroxyl groups is 16. The van der Waals surface area contributed by atoms with Crippen LogP contribution >= 0.6 is 0 Å². The number of rotatable bonds is 1. The van der Waals surface area contributed by atoms with Crippen molar-refractivity contribution in [3.8, 4) is 125 Å². The summed E-state index contributed by atoms with van der Waals surface area (Å²) in [4.78, 5) is 85.6. The molecule has 30 nitrogen and oxygen atoms in total. The van der Waals surface area contributed by atoms with Crippen LogP contribution in [-0.4, -0.2) is 147 Å². The minimum atomic E-state index is -2.97. The molecule has 0 saturated heterocycles. The SMILES string of the molecule is O=C1OC(C2OC(=O)c3cc(c(O)c(O)c3O)-c3c(O)c(O)c4oc(=O)c5c(c(O)c(O)c6oc(=O)c3c4c65)-c3c(cc(O)c(O)c3O)C(=O)OCC2O)C2OC(=O)c3c(c(O)c(O)c(O)c3C2O)-c2cc1c(O)c(O)c2O. The molecule has 8 aromatic rings. The fourth-order valence-corrected chi connectivity index (χ4v) is 9.87. The maximum absolute atomic E-state index is 14.7. The van der Waals surface area contributed by atoms with Gasteiger partial charge in [-0.1, -0.05) is 0 Å². The fourth-order valence-electron chi connectivity index (χ4n) is 9.87. The Hall–Kier alpha value is -11.1. The maximum atomic E-state index is 14.7. The van der Waals surface area contributed by atoms with Gasteiger partial charge in [-0.2, -0.15) is 0 Å². The van der Waals surface area contributed by atoms with Crippen LogP contribution in [0.25, 0.3) is 66.1 Å². The van der Waals surface area contributed by atoms with Gasteiger partial charge in [0.15, 0.2) is 87.0 Å². The van der Waals surface area contributed by atoms with Crippen molar-refractivity contribution in [3.05, 3.63) is 66.9 Å². The Morgan fingerprint density at radius 3 is 1.33 bits per heavy atom. The first kappa shape index (κ1) is 49.1. The second-order valence-electron chi connectivity index (χ2n) is 17.6. The van der Waals surface area contributed by atoms with Crippen LogP contribution in [0.4, 0.5) is 0 Å². The van der Waals surface area contributed by atoms with Crippen LogP contribution in [-0.2, 0) is 18.9 Å². The number of hydrogen-bond acceptors (Lipinski definition) is 30. The van der Waals surface area contributed by atoms with E-state index in [1.807, 2.05) is 0 Å². The number of phenolic OH excluding ortho intramolecular Hbond substituents is 16. The van der Waals surface area contributed by atoms with E-state index in [4.69, 9.17) is 27.8 Å². The molecule has 6 heterocycles. The van der Waals surface area contributed by atoms with E-state index in [0.29, 0.717) is 18.2 Å². The monoisotopic (exact) mass is 1080 g/mol. The molecule has 14 bridgehead atoms. The molecular weight excluding hydrogens is 1060 g/mol. The van der Waals surface area contributed by atoms with Crippen molar-refractivity contribution >= 4 is 56.6 Å². The van der Waals surface area contributed by atoms with Crippen molar-refractivity contribution in [1.82, 2.24) is 0 Å². The third-order valence-electron chi connectivity index (χ3n) is 13.5. The Morgan fingerprint density at radius 2 is 0.782 bits per heavy atom. The number of aliphatic hydroxyl groups is 2. The number of aliphatic hydroxyl groups excluding tert-OH is 2. The number of hydrogen-bond donors (Lipinski definition) is 18. The van der Waals surface area contributed by atoms with E-state index in [0.717, 1.165) is 0 Å². The first-order valence-corrected chi connectivity index (χ1v) is 21.7. The van der Waals surface area contributed by atoms with Crippen molar-refractivity contribution in [1.29, 1.82) is 0 Å². The Kier molecular flexibility index (Phi) is 10.2. The van der Waals surface area contributed by atoms with E-state index in [9.17, 15) is 121 Å². The third kappa shape index (κ3) is 6.24. The molecule has 2 aromatic heterocycles. The van der Waals surface area contributed by atoms with Gasteiger partial charge in [0.1, 0.15) is 29.9 Å². The lowest BCUT2D eigenvalue weighted by Gasteiger charge is -2.39. The van der Waals surface area contributed by atoms with Gasteiger partial charge in [-0.05, 0) is 18.2 Å². The molecule has 18 N–H and O–H groups in total. The molecule has 12 rings (SSSR count). The molecule has 4 aliphatic rings. The summed E-state index contributed by atoms with van der Waals surface area (Å²) in [5, 5.41) is 199. The van der Waals surface area contributed by atoms with Crippen LogP contribution in [0.1, 0.15) is 53.1 Å². The van der Waals surface area contributed by atoms with Crippen LogP contribution in [0.15, 0.2) is 36.6 Å². The summed E-state index contributed by atoms with van der Waals surface area (Å²) >= 11 is 0. The van der Waals surface area contributed by atoms with E-state index in [2.05, 4.69) is 0 Å². The van der Waals surface area contributed by atoms with Crippen LogP contribution in [0, 0.1) is 0 Å². The van der Waals surface area contributed by atoms with Crippen molar-refractivity contribution in [2.75, 3.05) is 6.61 Å². The lowest BCUT2D eigenvalue weighted by atomic mass is 9.84. The summed E-state index contributed by atoms with van der Waals surface area (Å²) in [7, 11) is 0. The highest BCUT2D eigenvalue weighted by atomic mass is 16.6. The highest BCUT2D eigenvalue weighted by Gasteiger charge is 2.53. The number of ether oxygens (including phenoxy) is 4. The number of phenols is 16. The highest BCUT2D eigenvalue weighted by molar-refractivity contribution is 6.29. The molecule has 6 aromatic carbocycles. The molecule has 0 saturated carbocycles. The van der Waals surface area contributed by atoms with E-state index in [1.165, 1.54) is 0 Å². The molecular formula is C48H28O30. The Balaban J connectivity index is 1.22. The summed E-state index contributed by atoms with van der Waals surface area (Å²) in [6, 6.07) is 1.04. The standard InChI is InChI=1S/C48H28O30/c49-10-3-7-14(27(56)26(10)55)15-20-17-16-18(46(70)75-40(17)37(66)30(15)59)12(29(58)36(65)39(16)76-48(20)72)5-1-8(24(53)33(62)22(5)51)44(68)74-38(11(50)4-73-43(7)67)42-41-32(61)21-19(47(71)77-41)13(28(57)35(64)31(21)60)6-2-9(45(69)78-42)25(54)34(63)23(6)52/h1-3,11,32,38,41-42,49-66H,4H2. The summed E-state index contributed by atoms with van der Waals surface area (Å²) < 4.78 is 32.3. The first-order chi connectivity index (χ1) is 36.7. The number of fused-ring (bicyclic) bond motifs is 8. The quantitative estimate of drug-likeness (QED) is 0.0365. The fraction of sp³-hybridized carbons (Fsp3) is 0.125. The summed E-state index contributed by atoms with van der Waals surface area (Å²) in [5.41, 5.74) is -18.9. The van der Waals surface area contributed by atoms with Gasteiger partial charge in [0.25, 0.3) is 0 Å². The molecule has 0 aliphatic carbocycles. The van der Waals surface area contributed by atoms with E-state index in [-0.39, 0.29) is 0 Å². The number of carbonyl (C=O) groups excluding carboxylic acids is 4. The second kappa shape index (κ2) is 16.2. The zero-order valence-electron chi connectivity index (χ0n) is 37.8. The molecule has 0 amide bonds. The van der Waals surface area contributed by atoms with Crippen molar-refractivity contribution in [2.24, 2.45) is 0 Å². The lowest BCUT2D eigenvalue weighted by molar-refractivity contribution is -0.153. The molecule has 0 radical (unpaired) electrons. The van der Waals surface area contributed by atoms with Crippen molar-refractivity contribution < 1.29 is 139 Å². The zero-order chi connectivity index (χ0) is 56.5. The average molecular weight is 1080 g/mol. The van der Waals surface area contributed by atoms with E-state index < -0.39 is 258 Å². The van der Waals surface area contributed by atoms with Crippen LogP contribution in [0.5, 0.6) is 92.0 Å². The van der Waals surface area contributed by atoms with Gasteiger partial charge in [-0.15, -0.1) is 0 Å². The largest absolute Gasteiger partial charge is 0.504 e. The number of esters is 4. The predicted octanol–water partition coefficient (Wildman–Crippen LogP) is 1.65. The van der Waals surface area contributed by atoms with Gasteiger partial charge in [-0.25, -0.2) is 28.8 Å². The Morgan fingerprint density at radius 1 is 0.346 bits per heavy atom. The molecule has 400 valence electrons. The third-order valence-corrected chi connectivity index (χ3v) is 13.5. The normalized spacial score (nSPS) is 19.1. The summed E-state index contributed by atoms with van der Waals surface area (Å²) in [5.74, 6) is -32.5. The molecule has 4 aliphatic heterocycles. The van der Waals surface area contributed by atoms with Crippen LogP contribution in [0.2, 0.25) is 0 Å². The van der Waals surface area contributed by atoms with Crippen LogP contribution in [0.3, 0.4) is 0 Å². The lowest BCUT2D eigenvalue weighted by Crippen LogP contribution is -2.55. The number of cyclic esters (lactones) is 2. The predicted molar refractivity (Wildman–Crippen MR) is 245 cm³/mol. The average Bonchev–Trinajstić information content (AvgIpc) is 3.55. The molecule has 30 heteroatoms. The Bertz CT molecular complexity index is 4280. The number of carbonyl (C=O) groups is 4. The maximum Gasteiger partial charge on any atom is 0.345 e. The Labute approximate surface area is 424 Å². The molecule has 0 fully saturated rings. The zero-order valence-corrected chi connectivity index (χ0v) is 37.8. The van der Waals surface area contributed by atoms with Gasteiger partial charge in [0.2, 0.25) is 34.5 Å². The van der Waals surface area contributed by atoms with E-state index in [1.54, 1.807) is 0 Å². The molecule has 5 unspecified atom stereocenters.